The van der Waals surface area contributed by atoms with E-state index in [1.165, 1.54) is 25.4 Å². The lowest BCUT2D eigenvalue weighted by atomic mass is 9.98. The van der Waals surface area contributed by atoms with Gasteiger partial charge in [0, 0.05) is 17.5 Å². The largest absolute Gasteiger partial charge is 0.496 e. The number of aromatic nitrogens is 3. The van der Waals surface area contributed by atoms with Crippen molar-refractivity contribution in [2.24, 2.45) is 0 Å². The summed E-state index contributed by atoms with van der Waals surface area (Å²) >= 11 is 5.16. The van der Waals surface area contributed by atoms with E-state index in [1.54, 1.807) is 31.2 Å². The van der Waals surface area contributed by atoms with Crippen LogP contribution in [0.3, 0.4) is 0 Å². The molecular weight excluding hydrogens is 558 g/mol. The number of hydrogen-bond donors (Lipinski definition) is 2. The molecule has 0 aliphatic rings. The SMILES string of the molecule is C\C=C(/C=C\C(COc1nnc(NC(=O)c2cnc(C)cc2-c2c(F)cccc2OC)s1)=C(\C)CC)[S-](#N)S. The number of hydrogen-bond acceptors (Lipinski definition) is 10. The second-order valence-corrected chi connectivity index (χ2v) is 11.2. The molecule has 0 fully saturated rings. The van der Waals surface area contributed by atoms with Crippen molar-refractivity contribution in [2.45, 2.75) is 34.1 Å². The van der Waals surface area contributed by atoms with E-state index >= 15 is 0 Å². The zero-order valence-corrected chi connectivity index (χ0v) is 24.7. The van der Waals surface area contributed by atoms with Crippen LogP contribution in [0.25, 0.3) is 11.1 Å². The molecule has 0 atom stereocenters. The Morgan fingerprint density at radius 3 is 2.74 bits per heavy atom. The van der Waals surface area contributed by atoms with E-state index in [0.717, 1.165) is 28.9 Å². The quantitative estimate of drug-likeness (QED) is 0.116. The van der Waals surface area contributed by atoms with Crippen LogP contribution in [0.2, 0.25) is 0 Å². The molecule has 39 heavy (non-hydrogen) atoms. The third-order valence-electron chi connectivity index (χ3n) is 5.75. The first kappa shape index (κ1) is 30.1. The van der Waals surface area contributed by atoms with Gasteiger partial charge in [-0.15, -0.1) is 16.1 Å². The monoisotopic (exact) mass is 586 g/mol. The minimum Gasteiger partial charge on any atom is -0.496 e. The van der Waals surface area contributed by atoms with Crippen molar-refractivity contribution in [3.63, 3.8) is 0 Å². The van der Waals surface area contributed by atoms with Crippen LogP contribution in [0.1, 0.15) is 43.2 Å². The molecule has 2 heterocycles. The molecule has 1 amide bonds. The number of ether oxygens (including phenoxy) is 2. The summed E-state index contributed by atoms with van der Waals surface area (Å²) in [6.45, 7) is 7.85. The Labute approximate surface area is 238 Å². The van der Waals surface area contributed by atoms with Gasteiger partial charge in [0.15, 0.2) is 0 Å². The molecule has 0 bridgehead atoms. The van der Waals surface area contributed by atoms with Crippen LogP contribution in [0, 0.1) is 17.3 Å². The van der Waals surface area contributed by atoms with Crippen molar-refractivity contribution in [1.29, 1.82) is 4.61 Å². The molecule has 12 heteroatoms. The van der Waals surface area contributed by atoms with E-state index in [-0.39, 0.29) is 28.1 Å². The van der Waals surface area contributed by atoms with Gasteiger partial charge in [-0.25, -0.2) is 13.9 Å². The number of amides is 1. The lowest BCUT2D eigenvalue weighted by Gasteiger charge is -2.14. The van der Waals surface area contributed by atoms with Crippen molar-refractivity contribution in [1.82, 2.24) is 15.2 Å². The van der Waals surface area contributed by atoms with Gasteiger partial charge < -0.3 is 14.1 Å². The van der Waals surface area contributed by atoms with Gasteiger partial charge in [0.1, 0.15) is 18.2 Å². The first-order valence-corrected chi connectivity index (χ1v) is 15.0. The Balaban J connectivity index is 1.79. The summed E-state index contributed by atoms with van der Waals surface area (Å²) < 4.78 is 35.8. The van der Waals surface area contributed by atoms with Gasteiger partial charge in [-0.05, 0) is 62.3 Å². The zero-order chi connectivity index (χ0) is 28.5. The highest BCUT2D eigenvalue weighted by molar-refractivity contribution is 8.61. The number of nitrogens with one attached hydrogen (secondary N) is 1. The molecule has 0 aliphatic carbocycles. The number of benzene rings is 1. The van der Waals surface area contributed by atoms with Gasteiger partial charge in [0.05, 0.1) is 18.2 Å². The molecule has 0 spiro atoms. The van der Waals surface area contributed by atoms with Gasteiger partial charge in [-0.1, -0.05) is 35.8 Å². The summed E-state index contributed by atoms with van der Waals surface area (Å²) in [4.78, 5) is 18.1. The van der Waals surface area contributed by atoms with Crippen LogP contribution in [0.4, 0.5) is 9.52 Å². The summed E-state index contributed by atoms with van der Waals surface area (Å²) in [7, 11) is 0.292. The Morgan fingerprint density at radius 2 is 2.08 bits per heavy atom. The number of nitrogens with zero attached hydrogens (tertiary/aromatic N) is 4. The fourth-order valence-corrected chi connectivity index (χ4v) is 4.98. The number of carbonyl (C=O) groups excluding carboxylic acids is 1. The van der Waals surface area contributed by atoms with Crippen molar-refractivity contribution < 1.29 is 18.7 Å². The predicted octanol–water partition coefficient (Wildman–Crippen LogP) is 6.82. The molecule has 2 aromatic heterocycles. The molecular formula is C27H29FN5O3S3-. The molecule has 1 aromatic carbocycles. The maximum atomic E-state index is 14.8. The number of halogens is 1. The fraction of sp³-hybridized carbons (Fsp3) is 0.259. The molecule has 3 rings (SSSR count). The average molecular weight is 587 g/mol. The molecule has 0 unspecified atom stereocenters. The van der Waals surface area contributed by atoms with E-state index in [4.69, 9.17) is 9.47 Å². The van der Waals surface area contributed by atoms with Crippen LogP contribution in [0.15, 0.2) is 64.7 Å². The Morgan fingerprint density at radius 1 is 1.31 bits per heavy atom. The van der Waals surface area contributed by atoms with Crippen LogP contribution in [0.5, 0.6) is 10.9 Å². The van der Waals surface area contributed by atoms with Gasteiger partial charge >= 0.3 is 0 Å². The molecule has 206 valence electrons. The van der Waals surface area contributed by atoms with Crippen molar-refractivity contribution >= 4 is 43.6 Å². The first-order valence-electron chi connectivity index (χ1n) is 11.9. The number of carbonyl (C=O) groups is 1. The van der Waals surface area contributed by atoms with Crippen molar-refractivity contribution in [2.75, 3.05) is 19.0 Å². The van der Waals surface area contributed by atoms with E-state index in [1.807, 2.05) is 26.8 Å². The second kappa shape index (κ2) is 14.1. The van der Waals surface area contributed by atoms with Crippen LogP contribution >= 0.6 is 23.0 Å². The number of aryl methyl sites for hydroxylation is 1. The number of allylic oxidation sites excluding steroid dienone is 3. The third-order valence-corrected chi connectivity index (χ3v) is 7.93. The van der Waals surface area contributed by atoms with Gasteiger partial charge in [-0.3, -0.25) is 26.8 Å². The maximum Gasteiger partial charge on any atom is 0.296 e. The summed E-state index contributed by atoms with van der Waals surface area (Å²) in [5.41, 5.74) is 3.32. The lowest BCUT2D eigenvalue weighted by molar-refractivity contribution is 0.102. The maximum absolute atomic E-state index is 14.8. The normalized spacial score (nSPS) is 12.5. The highest BCUT2D eigenvalue weighted by atomic mass is 33.1. The summed E-state index contributed by atoms with van der Waals surface area (Å²) in [5, 5.41) is 11.2. The summed E-state index contributed by atoms with van der Waals surface area (Å²) in [6.07, 6.45) is 7.69. The van der Waals surface area contributed by atoms with E-state index < -0.39 is 21.3 Å². The number of anilines is 1. The number of pyridine rings is 1. The molecule has 0 saturated heterocycles. The van der Waals surface area contributed by atoms with E-state index in [0.29, 0.717) is 21.9 Å². The molecule has 0 aliphatic heterocycles. The second-order valence-electron chi connectivity index (χ2n) is 8.25. The average Bonchev–Trinajstić information content (AvgIpc) is 3.36. The Hall–Kier alpha value is -3.44. The molecule has 0 saturated carbocycles. The molecule has 3 aromatic rings. The van der Waals surface area contributed by atoms with E-state index in [9.17, 15) is 13.8 Å². The predicted molar refractivity (Wildman–Crippen MR) is 158 cm³/mol. The molecule has 1 N–H and O–H groups in total. The standard InChI is InChI=1S/C27H29FN5O3S3/c1-6-16(3)18(11-12-19(7-2)39(29)37)15-36-27-33-32-26(38-27)31-25(34)21-14-30-17(4)13-20(21)24-22(28)9-8-10-23(24)35-5/h7-14,37H,6,15H2,1-5H3,(H,31,32,34)/q-1/b12-11-,18-16+,19-7+. The number of thiol groups is 1. The van der Waals surface area contributed by atoms with E-state index in [2.05, 4.69) is 32.2 Å². The zero-order valence-electron chi connectivity index (χ0n) is 22.2. The van der Waals surface area contributed by atoms with Gasteiger partial charge in [-0.2, -0.15) is 0 Å². The van der Waals surface area contributed by atoms with Crippen molar-refractivity contribution in [3.8, 4) is 22.1 Å². The van der Waals surface area contributed by atoms with Crippen LogP contribution in [-0.4, -0.2) is 34.8 Å². The van der Waals surface area contributed by atoms with Gasteiger partial charge in [0.2, 0.25) is 5.13 Å². The highest BCUT2D eigenvalue weighted by Crippen LogP contribution is 2.35. The molecule has 0 radical (unpaired) electrons. The number of rotatable bonds is 10. The first-order chi connectivity index (χ1) is 18.7. The summed E-state index contributed by atoms with van der Waals surface area (Å²) in [6, 6.07) is 6.11. The minimum atomic E-state index is -1.15. The van der Waals surface area contributed by atoms with Crippen LogP contribution < -0.4 is 14.8 Å². The fourth-order valence-electron chi connectivity index (χ4n) is 3.49. The highest BCUT2D eigenvalue weighted by Gasteiger charge is 2.21. The Kier molecular flexibility index (Phi) is 10.9. The smallest absolute Gasteiger partial charge is 0.296 e. The third kappa shape index (κ3) is 7.79. The van der Waals surface area contributed by atoms with Gasteiger partial charge in [0.25, 0.3) is 11.1 Å². The Bertz CT molecular complexity index is 1520. The van der Waals surface area contributed by atoms with Crippen LogP contribution in [-0.2, 0) is 9.56 Å². The summed E-state index contributed by atoms with van der Waals surface area (Å²) in [5.74, 6) is -0.750. The topological polar surface area (TPSA) is 110 Å². The lowest BCUT2D eigenvalue weighted by Crippen LogP contribution is -2.14. The minimum absolute atomic E-state index is 0.155. The van der Waals surface area contributed by atoms with Crippen molar-refractivity contribution in [3.05, 3.63) is 81.8 Å². The number of methoxy groups -OCH3 is 1. The molecule has 8 nitrogen and oxygen atoms in total.